The Morgan fingerprint density at radius 1 is 1.40 bits per heavy atom. The molecule has 0 saturated carbocycles. The van der Waals surface area contributed by atoms with E-state index in [-0.39, 0.29) is 18.0 Å². The number of rotatable bonds is 3. The van der Waals surface area contributed by atoms with Crippen LogP contribution in [0.2, 0.25) is 0 Å². The van der Waals surface area contributed by atoms with Gasteiger partial charge in [0.1, 0.15) is 0 Å². The molecule has 2 rings (SSSR count). The quantitative estimate of drug-likeness (QED) is 0.639. The average molecular weight is 286 g/mol. The molecule has 1 heterocycles. The zero-order valence-electron chi connectivity index (χ0n) is 10.3. The molecule has 0 amide bonds. The highest BCUT2D eigenvalue weighted by Crippen LogP contribution is 2.30. The molecule has 0 unspecified atom stereocenters. The first-order chi connectivity index (χ1) is 9.27. The fraction of sp³-hybridized carbons (Fsp3) is 0.250. The molecule has 0 aliphatic heterocycles. The molecule has 0 bridgehead atoms. The highest BCUT2D eigenvalue weighted by molar-refractivity contribution is 5.42. The van der Waals surface area contributed by atoms with Gasteiger partial charge in [-0.2, -0.15) is 13.2 Å². The number of aromatic nitrogens is 1. The zero-order valence-corrected chi connectivity index (χ0v) is 10.3. The highest BCUT2D eigenvalue weighted by Gasteiger charge is 2.35. The van der Waals surface area contributed by atoms with Crippen LogP contribution in [0.1, 0.15) is 22.8 Å². The Kier molecular flexibility index (Phi) is 3.47. The molecule has 1 aromatic carbocycles. The normalized spacial score (nSPS) is 11.6. The van der Waals surface area contributed by atoms with Crippen LogP contribution in [0.25, 0.3) is 0 Å². The summed E-state index contributed by atoms with van der Waals surface area (Å²) < 4.78 is 41.6. The minimum Gasteiger partial charge on any atom is -0.436 e. The van der Waals surface area contributed by atoms with E-state index in [1.165, 1.54) is 18.2 Å². The Hall–Kier alpha value is -2.38. The lowest BCUT2D eigenvalue weighted by Gasteiger charge is -2.02. The van der Waals surface area contributed by atoms with Crippen LogP contribution in [0.4, 0.5) is 18.9 Å². The summed E-state index contributed by atoms with van der Waals surface area (Å²) in [5, 5.41) is 10.7. The number of nitro groups is 1. The number of oxazole rings is 1. The minimum absolute atomic E-state index is 0.0366. The van der Waals surface area contributed by atoms with Crippen molar-refractivity contribution >= 4 is 5.69 Å². The summed E-state index contributed by atoms with van der Waals surface area (Å²) in [6.45, 7) is 1.55. The lowest BCUT2D eigenvalue weighted by molar-refractivity contribution is -0.385. The summed E-state index contributed by atoms with van der Waals surface area (Å²) in [5.41, 5.74) is 0.968. The van der Waals surface area contributed by atoms with E-state index in [2.05, 4.69) is 9.40 Å². The molecule has 0 spiro atoms. The lowest BCUT2D eigenvalue weighted by atomic mass is 10.1. The third-order valence-electron chi connectivity index (χ3n) is 2.65. The molecule has 106 valence electrons. The highest BCUT2D eigenvalue weighted by atomic mass is 19.4. The first kappa shape index (κ1) is 14.0. The third kappa shape index (κ3) is 2.95. The largest absolute Gasteiger partial charge is 0.451 e. The smallest absolute Gasteiger partial charge is 0.436 e. The van der Waals surface area contributed by atoms with Gasteiger partial charge in [0.2, 0.25) is 5.76 Å². The van der Waals surface area contributed by atoms with Gasteiger partial charge in [-0.15, -0.1) is 0 Å². The van der Waals surface area contributed by atoms with Crippen LogP contribution in [-0.4, -0.2) is 9.91 Å². The fourth-order valence-electron chi connectivity index (χ4n) is 1.73. The van der Waals surface area contributed by atoms with Crippen LogP contribution in [0.5, 0.6) is 0 Å². The van der Waals surface area contributed by atoms with Gasteiger partial charge in [0, 0.05) is 18.1 Å². The molecule has 2 aromatic rings. The van der Waals surface area contributed by atoms with Crippen molar-refractivity contribution in [1.82, 2.24) is 4.98 Å². The van der Waals surface area contributed by atoms with E-state index in [0.717, 1.165) is 0 Å². The number of hydrogen-bond donors (Lipinski definition) is 0. The molecular weight excluding hydrogens is 277 g/mol. The molecule has 0 radical (unpaired) electrons. The standard InChI is InChI=1S/C12H9F3N2O3/c1-7-4-8(2-3-9(7)17(18)19)5-11-16-6-10(20-11)12(13,14)15/h2-4,6H,5H2,1H3. The SMILES string of the molecule is Cc1cc(Cc2ncc(C(F)(F)F)o2)ccc1[N+](=O)[O-]. The summed E-state index contributed by atoms with van der Waals surface area (Å²) in [4.78, 5) is 13.7. The van der Waals surface area contributed by atoms with Crippen molar-refractivity contribution in [2.45, 2.75) is 19.5 Å². The van der Waals surface area contributed by atoms with Crippen LogP contribution >= 0.6 is 0 Å². The molecule has 0 fully saturated rings. The summed E-state index contributed by atoms with van der Waals surface area (Å²) in [5.74, 6) is -1.25. The summed E-state index contributed by atoms with van der Waals surface area (Å²) >= 11 is 0. The molecule has 0 N–H and O–H groups in total. The van der Waals surface area contributed by atoms with Crippen molar-refractivity contribution in [3.8, 4) is 0 Å². The van der Waals surface area contributed by atoms with Crippen LogP contribution in [0, 0.1) is 17.0 Å². The topological polar surface area (TPSA) is 69.2 Å². The molecule has 1 aromatic heterocycles. The lowest BCUT2D eigenvalue weighted by Crippen LogP contribution is -2.02. The van der Waals surface area contributed by atoms with Crippen LogP contribution in [0.15, 0.2) is 28.8 Å². The first-order valence-corrected chi connectivity index (χ1v) is 5.53. The van der Waals surface area contributed by atoms with Crippen molar-refractivity contribution in [3.05, 3.63) is 57.3 Å². The van der Waals surface area contributed by atoms with Crippen molar-refractivity contribution < 1.29 is 22.5 Å². The Morgan fingerprint density at radius 2 is 2.10 bits per heavy atom. The van der Waals surface area contributed by atoms with E-state index in [1.807, 2.05) is 0 Å². The Bertz CT molecular complexity index is 650. The molecule has 20 heavy (non-hydrogen) atoms. The molecule has 0 saturated heterocycles. The van der Waals surface area contributed by atoms with Crippen LogP contribution < -0.4 is 0 Å². The van der Waals surface area contributed by atoms with Gasteiger partial charge in [0.05, 0.1) is 11.1 Å². The van der Waals surface area contributed by atoms with Gasteiger partial charge in [0.25, 0.3) is 5.69 Å². The number of nitrogens with zero attached hydrogens (tertiary/aromatic N) is 2. The van der Waals surface area contributed by atoms with E-state index in [4.69, 9.17) is 0 Å². The number of alkyl halides is 3. The second kappa shape index (κ2) is 4.95. The molecule has 0 aliphatic carbocycles. The predicted molar refractivity (Wildman–Crippen MR) is 62.1 cm³/mol. The van der Waals surface area contributed by atoms with Crippen LogP contribution in [-0.2, 0) is 12.6 Å². The Morgan fingerprint density at radius 3 is 2.60 bits per heavy atom. The van der Waals surface area contributed by atoms with Gasteiger partial charge < -0.3 is 4.42 Å². The van der Waals surface area contributed by atoms with Gasteiger partial charge in [-0.1, -0.05) is 6.07 Å². The van der Waals surface area contributed by atoms with Gasteiger partial charge in [-0.3, -0.25) is 10.1 Å². The maximum atomic E-state index is 12.3. The van der Waals surface area contributed by atoms with Crippen molar-refractivity contribution in [2.24, 2.45) is 0 Å². The number of nitro benzene ring substituents is 1. The van der Waals surface area contributed by atoms with E-state index in [1.54, 1.807) is 6.92 Å². The van der Waals surface area contributed by atoms with E-state index in [0.29, 0.717) is 17.3 Å². The number of benzene rings is 1. The maximum Gasteiger partial charge on any atom is 0.451 e. The van der Waals surface area contributed by atoms with E-state index >= 15 is 0 Å². The number of halogens is 3. The van der Waals surface area contributed by atoms with Gasteiger partial charge >= 0.3 is 6.18 Å². The fourth-order valence-corrected chi connectivity index (χ4v) is 1.73. The van der Waals surface area contributed by atoms with Crippen molar-refractivity contribution in [3.63, 3.8) is 0 Å². The second-order valence-electron chi connectivity index (χ2n) is 4.17. The monoisotopic (exact) mass is 286 g/mol. The second-order valence-corrected chi connectivity index (χ2v) is 4.17. The number of aryl methyl sites for hydroxylation is 1. The van der Waals surface area contributed by atoms with Gasteiger partial charge in [-0.05, 0) is 18.6 Å². The maximum absolute atomic E-state index is 12.3. The molecule has 8 heteroatoms. The average Bonchev–Trinajstić information content (AvgIpc) is 2.76. The molecule has 5 nitrogen and oxygen atoms in total. The Balaban J connectivity index is 2.20. The molecular formula is C12H9F3N2O3. The number of hydrogen-bond acceptors (Lipinski definition) is 4. The Labute approximate surface area is 111 Å². The predicted octanol–water partition coefficient (Wildman–Crippen LogP) is 3.50. The molecule has 0 atom stereocenters. The van der Waals surface area contributed by atoms with E-state index < -0.39 is 16.9 Å². The van der Waals surface area contributed by atoms with Crippen molar-refractivity contribution in [2.75, 3.05) is 0 Å². The zero-order chi connectivity index (χ0) is 14.9. The minimum atomic E-state index is -4.57. The summed E-state index contributed by atoms with van der Waals surface area (Å²) in [6.07, 6.45) is -3.92. The summed E-state index contributed by atoms with van der Waals surface area (Å²) in [6, 6.07) is 4.29. The first-order valence-electron chi connectivity index (χ1n) is 5.53. The third-order valence-corrected chi connectivity index (χ3v) is 2.65. The van der Waals surface area contributed by atoms with Crippen LogP contribution in [0.3, 0.4) is 0 Å². The van der Waals surface area contributed by atoms with E-state index in [9.17, 15) is 23.3 Å². The molecule has 0 aliphatic rings. The van der Waals surface area contributed by atoms with Gasteiger partial charge in [0.15, 0.2) is 5.89 Å². The van der Waals surface area contributed by atoms with Gasteiger partial charge in [-0.25, -0.2) is 4.98 Å². The van der Waals surface area contributed by atoms with Crippen molar-refractivity contribution in [1.29, 1.82) is 0 Å². The summed E-state index contributed by atoms with van der Waals surface area (Å²) in [7, 11) is 0.